The van der Waals surface area contributed by atoms with E-state index in [2.05, 4.69) is 0 Å². The highest BCUT2D eigenvalue weighted by atomic mass is 16.5. The summed E-state index contributed by atoms with van der Waals surface area (Å²) in [7, 11) is 3.04. The van der Waals surface area contributed by atoms with Crippen LogP contribution >= 0.6 is 0 Å². The average molecular weight is 294 g/mol. The van der Waals surface area contributed by atoms with E-state index >= 15 is 0 Å². The lowest BCUT2D eigenvalue weighted by molar-refractivity contribution is -0.150. The fourth-order valence-electron chi connectivity index (χ4n) is 2.52. The molecule has 5 heteroatoms. The van der Waals surface area contributed by atoms with Crippen LogP contribution < -0.4 is 9.47 Å². The fraction of sp³-hybridized carbons (Fsp3) is 0.562. The Morgan fingerprint density at radius 1 is 1.19 bits per heavy atom. The Morgan fingerprint density at radius 3 is 2.38 bits per heavy atom. The van der Waals surface area contributed by atoms with Crippen molar-refractivity contribution in [2.75, 3.05) is 34.0 Å². The highest BCUT2D eigenvalue weighted by Crippen LogP contribution is 2.26. The van der Waals surface area contributed by atoms with Gasteiger partial charge in [0.1, 0.15) is 18.1 Å². The van der Waals surface area contributed by atoms with Gasteiger partial charge in [-0.25, -0.2) is 0 Å². The first-order chi connectivity index (χ1) is 10.2. The molecule has 0 N–H and O–H groups in total. The summed E-state index contributed by atoms with van der Waals surface area (Å²) in [6.45, 7) is 1.71. The van der Waals surface area contributed by atoms with Crippen molar-refractivity contribution >= 4 is 5.97 Å². The van der Waals surface area contributed by atoms with Gasteiger partial charge in [0.15, 0.2) is 0 Å². The number of rotatable bonds is 6. The summed E-state index contributed by atoms with van der Waals surface area (Å²) in [4.78, 5) is 12.0. The lowest BCUT2D eigenvalue weighted by atomic mass is 9.86. The maximum Gasteiger partial charge on any atom is 0.312 e. The van der Waals surface area contributed by atoms with Crippen molar-refractivity contribution in [1.82, 2.24) is 0 Å². The molecule has 0 aliphatic carbocycles. The molecular weight excluding hydrogens is 272 g/mol. The molecule has 1 aromatic carbocycles. The Balaban J connectivity index is 1.95. The zero-order valence-corrected chi connectivity index (χ0v) is 12.5. The molecule has 1 saturated heterocycles. The van der Waals surface area contributed by atoms with Gasteiger partial charge >= 0.3 is 5.97 Å². The molecule has 0 bridgehead atoms. The quantitative estimate of drug-likeness (QED) is 0.753. The average Bonchev–Trinajstić information content (AvgIpc) is 2.56. The van der Waals surface area contributed by atoms with Gasteiger partial charge in [0.25, 0.3) is 0 Å². The highest BCUT2D eigenvalue weighted by molar-refractivity contribution is 5.72. The van der Waals surface area contributed by atoms with Crippen LogP contribution in [0.4, 0.5) is 0 Å². The summed E-state index contributed by atoms with van der Waals surface area (Å²) in [5.74, 6) is 1.29. The minimum absolute atomic E-state index is 0.213. The van der Waals surface area contributed by atoms with Crippen LogP contribution in [0, 0.1) is 11.8 Å². The number of carbonyl (C=O) groups is 1. The molecule has 1 fully saturated rings. The van der Waals surface area contributed by atoms with Crippen LogP contribution in [0.3, 0.4) is 0 Å². The summed E-state index contributed by atoms with van der Waals surface area (Å²) in [6, 6.07) is 7.32. The van der Waals surface area contributed by atoms with E-state index in [1.807, 2.05) is 24.3 Å². The maximum atomic E-state index is 12.0. The molecule has 0 aromatic heterocycles. The Labute approximate surface area is 125 Å². The number of hydrogen-bond acceptors (Lipinski definition) is 5. The SMILES string of the molecule is COC(=O)C(COc1ccc(OC)cc1)C1CCOCC1. The molecule has 0 radical (unpaired) electrons. The molecule has 1 atom stereocenters. The summed E-state index contributed by atoms with van der Waals surface area (Å²) in [5.41, 5.74) is 0. The molecule has 1 unspecified atom stereocenters. The van der Waals surface area contributed by atoms with Crippen molar-refractivity contribution in [2.45, 2.75) is 12.8 Å². The van der Waals surface area contributed by atoms with Crippen LogP contribution in [0.25, 0.3) is 0 Å². The second-order valence-electron chi connectivity index (χ2n) is 5.07. The predicted molar refractivity (Wildman–Crippen MR) is 77.5 cm³/mol. The van der Waals surface area contributed by atoms with Crippen molar-refractivity contribution in [3.63, 3.8) is 0 Å². The normalized spacial score (nSPS) is 17.0. The second kappa shape index (κ2) is 7.88. The van der Waals surface area contributed by atoms with Gasteiger partial charge in [-0.15, -0.1) is 0 Å². The van der Waals surface area contributed by atoms with Crippen molar-refractivity contribution < 1.29 is 23.7 Å². The maximum absolute atomic E-state index is 12.0. The largest absolute Gasteiger partial charge is 0.497 e. The number of methoxy groups -OCH3 is 2. The van der Waals surface area contributed by atoms with Crippen LogP contribution in [-0.4, -0.2) is 40.0 Å². The highest BCUT2D eigenvalue weighted by Gasteiger charge is 2.31. The van der Waals surface area contributed by atoms with Gasteiger partial charge in [0.05, 0.1) is 20.1 Å². The Morgan fingerprint density at radius 2 is 1.81 bits per heavy atom. The molecular formula is C16H22O5. The van der Waals surface area contributed by atoms with Crippen LogP contribution in [-0.2, 0) is 14.3 Å². The Hall–Kier alpha value is -1.75. The molecule has 2 rings (SSSR count). The number of benzene rings is 1. The van der Waals surface area contributed by atoms with Crippen LogP contribution in [0.15, 0.2) is 24.3 Å². The fourth-order valence-corrected chi connectivity index (χ4v) is 2.52. The summed E-state index contributed by atoms with van der Waals surface area (Å²) < 4.78 is 21.1. The molecule has 1 heterocycles. The number of esters is 1. The zero-order valence-electron chi connectivity index (χ0n) is 12.5. The van der Waals surface area contributed by atoms with Crippen molar-refractivity contribution in [1.29, 1.82) is 0 Å². The van der Waals surface area contributed by atoms with Crippen molar-refractivity contribution in [3.8, 4) is 11.5 Å². The predicted octanol–water partition coefficient (Wildman–Crippen LogP) is 2.29. The van der Waals surface area contributed by atoms with E-state index in [0.717, 1.165) is 24.3 Å². The Kier molecular flexibility index (Phi) is 5.87. The standard InChI is InChI=1S/C16H22O5/c1-18-13-3-5-14(6-4-13)21-11-15(16(17)19-2)12-7-9-20-10-8-12/h3-6,12,15H,7-11H2,1-2H3. The van der Waals surface area contributed by atoms with E-state index in [0.29, 0.717) is 19.8 Å². The first-order valence-corrected chi connectivity index (χ1v) is 7.17. The van der Waals surface area contributed by atoms with Gasteiger partial charge in [-0.2, -0.15) is 0 Å². The molecule has 116 valence electrons. The van der Waals surface area contributed by atoms with Gasteiger partial charge in [0, 0.05) is 13.2 Å². The molecule has 0 amide bonds. The zero-order chi connectivity index (χ0) is 15.1. The van der Waals surface area contributed by atoms with Gasteiger partial charge in [-0.05, 0) is 43.0 Å². The van der Waals surface area contributed by atoms with Crippen LogP contribution in [0.5, 0.6) is 11.5 Å². The van der Waals surface area contributed by atoms with E-state index in [-0.39, 0.29) is 17.8 Å². The monoisotopic (exact) mass is 294 g/mol. The van der Waals surface area contributed by atoms with Gasteiger partial charge in [0.2, 0.25) is 0 Å². The minimum Gasteiger partial charge on any atom is -0.497 e. The molecule has 0 spiro atoms. The van der Waals surface area contributed by atoms with Gasteiger partial charge in [-0.1, -0.05) is 0 Å². The van der Waals surface area contributed by atoms with Gasteiger partial charge in [-0.3, -0.25) is 4.79 Å². The number of carbonyl (C=O) groups excluding carboxylic acids is 1. The van der Waals surface area contributed by atoms with Gasteiger partial charge < -0.3 is 18.9 Å². The van der Waals surface area contributed by atoms with Crippen molar-refractivity contribution in [2.24, 2.45) is 11.8 Å². The number of ether oxygens (including phenoxy) is 4. The second-order valence-corrected chi connectivity index (χ2v) is 5.07. The lowest BCUT2D eigenvalue weighted by Gasteiger charge is -2.28. The van der Waals surface area contributed by atoms with Crippen molar-refractivity contribution in [3.05, 3.63) is 24.3 Å². The summed E-state index contributed by atoms with van der Waals surface area (Å²) in [5, 5.41) is 0. The van der Waals surface area contributed by atoms with E-state index in [1.165, 1.54) is 7.11 Å². The molecule has 21 heavy (non-hydrogen) atoms. The smallest absolute Gasteiger partial charge is 0.312 e. The topological polar surface area (TPSA) is 54.0 Å². The molecule has 5 nitrogen and oxygen atoms in total. The summed E-state index contributed by atoms with van der Waals surface area (Å²) >= 11 is 0. The van der Waals surface area contributed by atoms with Crippen LogP contribution in [0.2, 0.25) is 0 Å². The van der Waals surface area contributed by atoms with E-state index < -0.39 is 0 Å². The van der Waals surface area contributed by atoms with E-state index in [1.54, 1.807) is 7.11 Å². The third-order valence-corrected chi connectivity index (χ3v) is 3.83. The molecule has 1 aromatic rings. The lowest BCUT2D eigenvalue weighted by Crippen LogP contribution is -2.34. The summed E-state index contributed by atoms with van der Waals surface area (Å²) in [6.07, 6.45) is 1.73. The van der Waals surface area contributed by atoms with E-state index in [4.69, 9.17) is 18.9 Å². The minimum atomic E-state index is -0.249. The molecule has 1 aliphatic heterocycles. The Bertz CT molecular complexity index is 436. The first-order valence-electron chi connectivity index (χ1n) is 7.17. The molecule has 0 saturated carbocycles. The van der Waals surface area contributed by atoms with E-state index in [9.17, 15) is 4.79 Å². The molecule has 1 aliphatic rings. The number of hydrogen-bond donors (Lipinski definition) is 0. The first kappa shape index (κ1) is 15.6. The third-order valence-electron chi connectivity index (χ3n) is 3.83. The third kappa shape index (κ3) is 4.36. The van der Waals surface area contributed by atoms with Crippen LogP contribution in [0.1, 0.15) is 12.8 Å².